The van der Waals surface area contributed by atoms with Crippen LogP contribution in [0.4, 0.5) is 13.2 Å². The van der Waals surface area contributed by atoms with E-state index in [4.69, 9.17) is 32.2 Å². The van der Waals surface area contributed by atoms with Gasteiger partial charge in [-0.2, -0.15) is 13.2 Å². The fraction of sp³-hybridized carbons (Fsp3) is 0.731. The zero-order chi connectivity index (χ0) is 51.1. The van der Waals surface area contributed by atoms with Crippen LogP contribution >= 0.6 is 0 Å². The Kier molecular flexibility index (Phi) is 19.8. The summed E-state index contributed by atoms with van der Waals surface area (Å²) in [6.07, 6.45) is -1.34. The standard InChI is InChI=1S/C52H85F3O10SSi3/c1-13-68(14-2,15-3)64-43-34-44(65-69(16-4,17-5)18-6)46(42(43)31-24-19-20-25-32-51-60-36-50(10,37-61-51)38-62-51)48(66(57,58)41-29-22-21-23-30-41)47(56)45(63-67(11,12)49(7,8)9)35-59-40-28-26-27-39(33-40)52(53,54)55/h19,21-24,26-30,33,42-48,56H,13-18,20,25,31-32,34-38H2,1-12H3/b24-19-/t42-,43-,44+,45-,46+,47?,48?,50?,51?/m0/s1. The molecule has 4 fully saturated rings. The Morgan fingerprint density at radius 2 is 1.36 bits per heavy atom. The number of allylic oxidation sites excluding steroid dienone is 2. The van der Waals surface area contributed by atoms with Gasteiger partial charge in [0.25, 0.3) is 5.97 Å². The second-order valence-corrected chi connectivity index (χ2v) is 38.1. The molecule has 0 amide bonds. The number of ether oxygens (including phenoxy) is 4. The molecule has 3 aliphatic heterocycles. The van der Waals surface area contributed by atoms with Gasteiger partial charge in [0.1, 0.15) is 18.5 Å². The average Bonchev–Trinajstić information content (AvgIpc) is 3.64. The van der Waals surface area contributed by atoms with Crippen LogP contribution in [-0.2, 0) is 43.5 Å². The van der Waals surface area contributed by atoms with Gasteiger partial charge >= 0.3 is 6.18 Å². The van der Waals surface area contributed by atoms with E-state index in [1.165, 1.54) is 12.1 Å². The Hall–Kier alpha value is -1.91. The monoisotopic (exact) mass is 1040 g/mol. The molecule has 17 heteroatoms. The Morgan fingerprint density at radius 1 is 0.812 bits per heavy atom. The van der Waals surface area contributed by atoms with Crippen molar-refractivity contribution < 1.29 is 58.9 Å². The molecule has 1 aliphatic carbocycles. The Labute approximate surface area is 416 Å². The minimum atomic E-state index is -4.61. The van der Waals surface area contributed by atoms with Crippen LogP contribution in [0.3, 0.4) is 0 Å². The molecule has 2 bridgehead atoms. The summed E-state index contributed by atoms with van der Waals surface area (Å²) in [6.45, 7) is 26.6. The van der Waals surface area contributed by atoms with E-state index in [0.29, 0.717) is 45.5 Å². The van der Waals surface area contributed by atoms with E-state index < -0.39 is 94.5 Å². The van der Waals surface area contributed by atoms with Crippen molar-refractivity contribution >= 4 is 34.8 Å². The summed E-state index contributed by atoms with van der Waals surface area (Å²) in [6, 6.07) is 18.0. The molecular formula is C52H85F3O10SSi3. The van der Waals surface area contributed by atoms with Gasteiger partial charge in [-0.3, -0.25) is 0 Å². The molecule has 3 heterocycles. The van der Waals surface area contributed by atoms with Crippen molar-refractivity contribution in [1.29, 1.82) is 0 Å². The minimum Gasteiger partial charge on any atom is -0.491 e. The molecule has 392 valence electrons. The van der Waals surface area contributed by atoms with Crippen LogP contribution in [-0.4, -0.2) is 101 Å². The minimum absolute atomic E-state index is 0.0532. The van der Waals surface area contributed by atoms with Gasteiger partial charge in [-0.25, -0.2) is 8.42 Å². The summed E-state index contributed by atoms with van der Waals surface area (Å²) < 4.78 is 120. The molecule has 3 saturated heterocycles. The molecule has 0 aromatic heterocycles. The number of fused-ring (bicyclic) bond motifs is 3. The highest BCUT2D eigenvalue weighted by atomic mass is 32.2. The van der Waals surface area contributed by atoms with Gasteiger partial charge in [0, 0.05) is 17.8 Å². The van der Waals surface area contributed by atoms with Crippen molar-refractivity contribution in [3.05, 3.63) is 72.3 Å². The van der Waals surface area contributed by atoms with Gasteiger partial charge in [-0.15, -0.1) is 0 Å². The first-order chi connectivity index (χ1) is 32.3. The molecule has 0 spiro atoms. The Bertz CT molecular complexity index is 2020. The molecule has 7 atom stereocenters. The molecule has 2 unspecified atom stereocenters. The van der Waals surface area contributed by atoms with Crippen LogP contribution in [0.25, 0.3) is 0 Å². The van der Waals surface area contributed by atoms with E-state index in [2.05, 4.69) is 60.6 Å². The van der Waals surface area contributed by atoms with Crippen molar-refractivity contribution in [2.24, 2.45) is 17.3 Å². The second kappa shape index (κ2) is 23.5. The summed E-state index contributed by atoms with van der Waals surface area (Å²) in [4.78, 5) is 0.0532. The summed E-state index contributed by atoms with van der Waals surface area (Å²) in [5.41, 5.74) is -1.02. The van der Waals surface area contributed by atoms with Gasteiger partial charge in [0.05, 0.1) is 53.8 Å². The van der Waals surface area contributed by atoms with Crippen molar-refractivity contribution in [2.45, 2.75) is 202 Å². The average molecular weight is 1040 g/mol. The van der Waals surface area contributed by atoms with Crippen LogP contribution in [0.15, 0.2) is 71.6 Å². The molecule has 69 heavy (non-hydrogen) atoms. The number of hydrogen-bond acceptors (Lipinski definition) is 10. The van der Waals surface area contributed by atoms with Crippen molar-refractivity contribution in [2.75, 3.05) is 26.4 Å². The smallest absolute Gasteiger partial charge is 0.416 e. The molecule has 4 aliphatic rings. The predicted octanol–water partition coefficient (Wildman–Crippen LogP) is 12.9. The van der Waals surface area contributed by atoms with E-state index >= 15 is 8.42 Å². The lowest BCUT2D eigenvalue weighted by molar-refractivity contribution is -0.467. The third-order valence-corrected chi connectivity index (χ3v) is 32.3. The molecule has 1 saturated carbocycles. The lowest BCUT2D eigenvalue weighted by Crippen LogP contribution is -2.58. The van der Waals surface area contributed by atoms with E-state index in [1.807, 2.05) is 33.9 Å². The highest BCUT2D eigenvalue weighted by Gasteiger charge is 2.58. The lowest BCUT2D eigenvalue weighted by atomic mass is 9.84. The fourth-order valence-corrected chi connectivity index (χ4v) is 19.5. The third kappa shape index (κ3) is 13.8. The summed E-state index contributed by atoms with van der Waals surface area (Å²) >= 11 is 0. The largest absolute Gasteiger partial charge is 0.491 e. The van der Waals surface area contributed by atoms with Gasteiger partial charge in [0.2, 0.25) is 0 Å². The molecule has 2 aromatic rings. The quantitative estimate of drug-likeness (QED) is 0.0554. The van der Waals surface area contributed by atoms with Gasteiger partial charge in [0.15, 0.2) is 34.8 Å². The third-order valence-electron chi connectivity index (χ3n) is 16.2. The number of hydrogen-bond donors (Lipinski definition) is 1. The number of aliphatic hydroxyl groups is 1. The van der Waals surface area contributed by atoms with Crippen molar-refractivity contribution in [3.63, 3.8) is 0 Å². The van der Waals surface area contributed by atoms with Crippen LogP contribution in [0, 0.1) is 17.3 Å². The van der Waals surface area contributed by atoms with E-state index in [1.54, 1.807) is 30.3 Å². The van der Waals surface area contributed by atoms with Gasteiger partial charge in [-0.1, -0.05) is 106 Å². The maximum atomic E-state index is 15.8. The first-order valence-electron chi connectivity index (χ1n) is 25.7. The SMILES string of the molecule is CC[Si](CC)(CC)O[C@H]1C[C@@H](O[Si](CC)(CC)CC)[C@H](C(C(O)[C@H](COc2cccc(C(F)(F)F)c2)O[Si](C)(C)C(C)(C)C)S(=O)(=O)c2ccccc2)[C@H]1C/C=C\CCCC12OCC(C)(CO1)CO2. The van der Waals surface area contributed by atoms with E-state index in [0.717, 1.165) is 54.8 Å². The predicted molar refractivity (Wildman–Crippen MR) is 274 cm³/mol. The van der Waals surface area contributed by atoms with Crippen LogP contribution in [0.5, 0.6) is 5.75 Å². The zero-order valence-corrected chi connectivity index (χ0v) is 47.5. The van der Waals surface area contributed by atoms with E-state index in [-0.39, 0.29) is 27.2 Å². The maximum Gasteiger partial charge on any atom is 0.416 e. The maximum absolute atomic E-state index is 15.8. The number of aliphatic hydroxyl groups excluding tert-OH is 1. The molecule has 2 aromatic carbocycles. The van der Waals surface area contributed by atoms with E-state index in [9.17, 15) is 18.3 Å². The lowest BCUT2D eigenvalue weighted by Gasteiger charge is -2.50. The van der Waals surface area contributed by atoms with Crippen LogP contribution in [0.2, 0.25) is 54.4 Å². The molecule has 6 rings (SSSR count). The van der Waals surface area contributed by atoms with Crippen LogP contribution < -0.4 is 4.74 Å². The number of unbranched alkanes of at least 4 members (excludes halogenated alkanes) is 1. The number of sulfone groups is 1. The second-order valence-electron chi connectivity index (χ2n) is 21.8. The van der Waals surface area contributed by atoms with Crippen molar-refractivity contribution in [3.8, 4) is 5.75 Å². The molecule has 0 radical (unpaired) electrons. The highest BCUT2D eigenvalue weighted by Crippen LogP contribution is 2.49. The number of benzene rings is 2. The molecule has 10 nitrogen and oxygen atoms in total. The van der Waals surface area contributed by atoms with Gasteiger partial charge < -0.3 is 37.3 Å². The van der Waals surface area contributed by atoms with Gasteiger partial charge in [-0.05, 0) is 116 Å². The fourth-order valence-electron chi connectivity index (χ4n) is 10.2. The number of alkyl halides is 3. The van der Waals surface area contributed by atoms with Crippen molar-refractivity contribution in [1.82, 2.24) is 0 Å². The highest BCUT2D eigenvalue weighted by molar-refractivity contribution is 7.92. The first kappa shape index (κ1) is 58.0. The number of rotatable bonds is 26. The summed E-state index contributed by atoms with van der Waals surface area (Å²) in [5, 5.41) is 11.5. The van der Waals surface area contributed by atoms with Crippen LogP contribution in [0.1, 0.15) is 107 Å². The zero-order valence-electron chi connectivity index (χ0n) is 43.7. The molecule has 1 N–H and O–H groups in total. The summed E-state index contributed by atoms with van der Waals surface area (Å²) in [5.74, 6) is -2.28. The topological polar surface area (TPSA) is 119 Å². The number of halogens is 3. The first-order valence-corrected chi connectivity index (χ1v) is 35.2. The summed E-state index contributed by atoms with van der Waals surface area (Å²) in [7, 11) is -12.0. The molecular weight excluding hydrogens is 958 g/mol. The Morgan fingerprint density at radius 3 is 1.88 bits per heavy atom. The Balaban J connectivity index is 1.66. The normalized spacial score (nSPS) is 26.4.